The van der Waals surface area contributed by atoms with E-state index in [9.17, 15) is 14.4 Å². The molecule has 0 bridgehead atoms. The summed E-state index contributed by atoms with van der Waals surface area (Å²) in [6, 6.07) is 7.09. The van der Waals surface area contributed by atoms with Crippen molar-refractivity contribution in [2.24, 2.45) is 0 Å². The normalized spacial score (nSPS) is 23.3. The summed E-state index contributed by atoms with van der Waals surface area (Å²) in [5.41, 5.74) is 1.14. The van der Waals surface area contributed by atoms with Gasteiger partial charge < -0.3 is 20.7 Å². The zero-order valence-electron chi connectivity index (χ0n) is 15.3. The minimum Gasteiger partial charge on any atom is -0.462 e. The Hall–Kier alpha value is -2.22. The first-order valence-corrected chi connectivity index (χ1v) is 10.4. The molecule has 3 rings (SSSR count). The molecule has 0 aromatic heterocycles. The number of amides is 3. The van der Waals surface area contributed by atoms with Crippen molar-refractivity contribution in [3.05, 3.63) is 29.8 Å². The topological polar surface area (TPSA) is 96.5 Å². The van der Waals surface area contributed by atoms with Crippen molar-refractivity contribution in [2.75, 3.05) is 17.7 Å². The van der Waals surface area contributed by atoms with E-state index in [4.69, 9.17) is 4.74 Å². The molecular weight excluding hydrogens is 366 g/mol. The molecule has 1 aromatic rings. The van der Waals surface area contributed by atoms with E-state index in [1.807, 2.05) is 11.8 Å². The van der Waals surface area contributed by atoms with Crippen LogP contribution in [0.4, 0.5) is 10.5 Å². The molecule has 27 heavy (non-hydrogen) atoms. The number of rotatable bonds is 8. The quantitative estimate of drug-likeness (QED) is 0.359. The number of hydrogen-bond acceptors (Lipinski definition) is 5. The van der Waals surface area contributed by atoms with Crippen molar-refractivity contribution >= 4 is 35.4 Å². The number of nitrogens with one attached hydrogen (secondary N) is 3. The Bertz CT molecular complexity index is 695. The van der Waals surface area contributed by atoms with Crippen LogP contribution in [0.1, 0.15) is 43.0 Å². The zero-order chi connectivity index (χ0) is 19.2. The first kappa shape index (κ1) is 19.5. The number of ether oxygens (including phenoxy) is 1. The Balaban J connectivity index is 1.35. The second-order valence-electron chi connectivity index (χ2n) is 6.71. The molecule has 1 aromatic carbocycles. The van der Waals surface area contributed by atoms with Gasteiger partial charge in [-0.15, -0.1) is 0 Å². The molecule has 7 nitrogen and oxygen atoms in total. The fraction of sp³-hybridized carbons (Fsp3) is 0.526. The molecule has 2 heterocycles. The van der Waals surface area contributed by atoms with Crippen LogP contribution < -0.4 is 16.0 Å². The molecule has 2 aliphatic rings. The number of hydrogen-bond donors (Lipinski definition) is 3. The predicted octanol–water partition coefficient (Wildman–Crippen LogP) is 2.53. The number of carbonyl (C=O) groups excluding carboxylic acids is 3. The van der Waals surface area contributed by atoms with E-state index in [1.54, 1.807) is 31.2 Å². The van der Waals surface area contributed by atoms with E-state index >= 15 is 0 Å². The van der Waals surface area contributed by atoms with Gasteiger partial charge in [-0.1, -0.05) is 6.42 Å². The number of fused-ring (bicyclic) bond motifs is 1. The van der Waals surface area contributed by atoms with Gasteiger partial charge in [-0.2, -0.15) is 11.8 Å². The van der Waals surface area contributed by atoms with E-state index in [2.05, 4.69) is 16.0 Å². The Kier molecular flexibility index (Phi) is 6.60. The van der Waals surface area contributed by atoms with Gasteiger partial charge in [0.05, 0.1) is 24.3 Å². The van der Waals surface area contributed by atoms with Crippen LogP contribution in [-0.2, 0) is 9.53 Å². The maximum absolute atomic E-state index is 12.1. The fourth-order valence-corrected chi connectivity index (χ4v) is 4.95. The monoisotopic (exact) mass is 391 g/mol. The van der Waals surface area contributed by atoms with Crippen LogP contribution in [0.25, 0.3) is 0 Å². The van der Waals surface area contributed by atoms with Crippen LogP contribution in [0.2, 0.25) is 0 Å². The molecule has 0 unspecified atom stereocenters. The van der Waals surface area contributed by atoms with Gasteiger partial charge in [-0.3, -0.25) is 4.79 Å². The van der Waals surface area contributed by atoms with Crippen molar-refractivity contribution in [1.29, 1.82) is 0 Å². The van der Waals surface area contributed by atoms with Gasteiger partial charge in [-0.25, -0.2) is 9.59 Å². The lowest BCUT2D eigenvalue weighted by Crippen LogP contribution is -2.36. The van der Waals surface area contributed by atoms with E-state index in [-0.39, 0.29) is 30.0 Å². The number of esters is 1. The Morgan fingerprint density at radius 2 is 2.00 bits per heavy atom. The van der Waals surface area contributed by atoms with Crippen LogP contribution in [-0.4, -0.2) is 47.6 Å². The first-order valence-electron chi connectivity index (χ1n) is 9.32. The lowest BCUT2D eigenvalue weighted by molar-refractivity contribution is -0.116. The van der Waals surface area contributed by atoms with E-state index in [0.29, 0.717) is 29.5 Å². The Labute approximate surface area is 163 Å². The van der Waals surface area contributed by atoms with Crippen molar-refractivity contribution in [3.63, 3.8) is 0 Å². The number of unbranched alkanes of at least 4 members (excludes halogenated alkanes) is 1. The molecule has 2 aliphatic heterocycles. The van der Waals surface area contributed by atoms with Crippen molar-refractivity contribution in [2.45, 2.75) is 49.9 Å². The van der Waals surface area contributed by atoms with Gasteiger partial charge in [0, 0.05) is 23.1 Å². The largest absolute Gasteiger partial charge is 0.462 e. The molecule has 3 atom stereocenters. The maximum Gasteiger partial charge on any atom is 0.338 e. The van der Waals surface area contributed by atoms with Crippen LogP contribution >= 0.6 is 11.8 Å². The van der Waals surface area contributed by atoms with Crippen LogP contribution in [0.5, 0.6) is 0 Å². The summed E-state index contributed by atoms with van der Waals surface area (Å²) in [6.07, 6.45) is 3.21. The first-order chi connectivity index (χ1) is 13.1. The fourth-order valence-electron chi connectivity index (χ4n) is 3.40. The summed E-state index contributed by atoms with van der Waals surface area (Å²) in [4.78, 5) is 35.1. The van der Waals surface area contributed by atoms with Crippen LogP contribution in [0.3, 0.4) is 0 Å². The molecule has 3 N–H and O–H groups in total. The van der Waals surface area contributed by atoms with Crippen LogP contribution in [0, 0.1) is 0 Å². The smallest absolute Gasteiger partial charge is 0.338 e. The zero-order valence-corrected chi connectivity index (χ0v) is 16.1. The number of carbonyl (C=O) groups is 3. The van der Waals surface area contributed by atoms with Gasteiger partial charge in [0.15, 0.2) is 0 Å². The van der Waals surface area contributed by atoms with Gasteiger partial charge >= 0.3 is 12.0 Å². The minimum atomic E-state index is -0.365. The SMILES string of the molecule is CCOC(=O)c1ccc(NC(=O)CCCC[C@@H]2SC[C@@H]3NC(=O)N[C@@H]32)cc1. The second-order valence-corrected chi connectivity index (χ2v) is 7.99. The van der Waals surface area contributed by atoms with Gasteiger partial charge in [-0.05, 0) is 44.0 Å². The molecule has 146 valence electrons. The van der Waals surface area contributed by atoms with Crippen molar-refractivity contribution in [3.8, 4) is 0 Å². The molecule has 2 fully saturated rings. The highest BCUT2D eigenvalue weighted by Crippen LogP contribution is 2.33. The lowest BCUT2D eigenvalue weighted by atomic mass is 10.0. The number of benzene rings is 1. The third kappa shape index (κ3) is 5.15. The average Bonchev–Trinajstić information content (AvgIpc) is 3.19. The molecular formula is C19H25N3O4S. The van der Waals surface area contributed by atoms with E-state index in [1.165, 1.54) is 0 Å². The summed E-state index contributed by atoms with van der Waals surface area (Å²) in [5.74, 6) is 0.554. The standard InChI is InChI=1S/C19H25N3O4S/c1-2-26-18(24)12-7-9-13(10-8-12)20-16(23)6-4-3-5-15-17-14(11-27-15)21-19(25)22-17/h7-10,14-15,17H,2-6,11H2,1H3,(H,20,23)(H2,21,22,25)/t14-,15-,17-/m0/s1. The minimum absolute atomic E-state index is 0.0355. The molecule has 0 aliphatic carbocycles. The van der Waals surface area contributed by atoms with Gasteiger partial charge in [0.2, 0.25) is 5.91 Å². The highest BCUT2D eigenvalue weighted by Gasteiger charge is 2.42. The molecule has 0 radical (unpaired) electrons. The highest BCUT2D eigenvalue weighted by molar-refractivity contribution is 8.00. The second kappa shape index (κ2) is 9.12. The number of anilines is 1. The average molecular weight is 391 g/mol. The summed E-state index contributed by atoms with van der Waals surface area (Å²) in [5, 5.41) is 9.19. The van der Waals surface area contributed by atoms with Crippen molar-refractivity contribution < 1.29 is 19.1 Å². The van der Waals surface area contributed by atoms with E-state index in [0.717, 1.165) is 25.0 Å². The summed E-state index contributed by atoms with van der Waals surface area (Å²) in [7, 11) is 0. The molecule has 8 heteroatoms. The highest BCUT2D eigenvalue weighted by atomic mass is 32.2. The summed E-state index contributed by atoms with van der Waals surface area (Å²) < 4.78 is 4.93. The number of thioether (sulfide) groups is 1. The Morgan fingerprint density at radius 1 is 1.22 bits per heavy atom. The summed E-state index contributed by atoms with van der Waals surface area (Å²) >= 11 is 1.89. The van der Waals surface area contributed by atoms with Gasteiger partial charge in [0.25, 0.3) is 0 Å². The molecule has 3 amide bonds. The third-order valence-corrected chi connectivity index (χ3v) is 6.27. The van der Waals surface area contributed by atoms with Crippen molar-refractivity contribution in [1.82, 2.24) is 10.6 Å². The molecule has 0 saturated carbocycles. The van der Waals surface area contributed by atoms with Crippen LogP contribution in [0.15, 0.2) is 24.3 Å². The molecule has 0 spiro atoms. The third-order valence-electron chi connectivity index (χ3n) is 4.76. The van der Waals surface area contributed by atoms with Gasteiger partial charge in [0.1, 0.15) is 0 Å². The Morgan fingerprint density at radius 3 is 2.74 bits per heavy atom. The van der Waals surface area contributed by atoms with E-state index < -0.39 is 0 Å². The lowest BCUT2D eigenvalue weighted by Gasteiger charge is -2.16. The predicted molar refractivity (Wildman–Crippen MR) is 105 cm³/mol. The number of urea groups is 1. The maximum atomic E-state index is 12.1. The molecule has 2 saturated heterocycles. The summed E-state index contributed by atoms with van der Waals surface area (Å²) in [6.45, 7) is 2.10.